The molecular formula is C11H20NO+. The smallest absolute Gasteiger partial charge is 0.212 e. The summed E-state index contributed by atoms with van der Waals surface area (Å²) in [6, 6.07) is 1.73. The van der Waals surface area contributed by atoms with Gasteiger partial charge >= 0.3 is 0 Å². The van der Waals surface area contributed by atoms with E-state index in [1.165, 1.54) is 32.1 Å². The van der Waals surface area contributed by atoms with Gasteiger partial charge in [-0.15, -0.1) is 0 Å². The van der Waals surface area contributed by atoms with Crippen LogP contribution in [0.4, 0.5) is 0 Å². The summed E-state index contributed by atoms with van der Waals surface area (Å²) in [6.45, 7) is 3.39. The van der Waals surface area contributed by atoms with Crippen molar-refractivity contribution >= 4 is 0 Å². The minimum Gasteiger partial charge on any atom is -0.418 e. The highest BCUT2D eigenvalue weighted by molar-refractivity contribution is 4.98. The molecule has 0 bridgehead atoms. The fourth-order valence-electron chi connectivity index (χ4n) is 3.72. The van der Waals surface area contributed by atoms with Crippen LogP contribution in [0, 0.1) is 5.92 Å². The lowest BCUT2D eigenvalue weighted by atomic mass is 9.84. The molecule has 0 radical (unpaired) electrons. The molecule has 74 valence electrons. The monoisotopic (exact) mass is 182 g/mol. The summed E-state index contributed by atoms with van der Waals surface area (Å²) in [4.78, 5) is 2.71. The minimum atomic E-state index is 0.526. The summed E-state index contributed by atoms with van der Waals surface area (Å²) in [5, 5.41) is 0. The molecule has 2 heterocycles. The van der Waals surface area contributed by atoms with Gasteiger partial charge in [0, 0.05) is 13.0 Å². The lowest BCUT2D eigenvalue weighted by Gasteiger charge is -2.30. The molecule has 1 N–H and O–H groups in total. The Kier molecular flexibility index (Phi) is 1.88. The Morgan fingerprint density at radius 2 is 2.08 bits per heavy atom. The zero-order valence-electron chi connectivity index (χ0n) is 8.45. The van der Waals surface area contributed by atoms with Gasteiger partial charge in [-0.05, 0) is 25.2 Å². The predicted molar refractivity (Wildman–Crippen MR) is 52.5 cm³/mol. The fraction of sp³-hybridized carbons (Fsp3) is 1.00. The van der Waals surface area contributed by atoms with E-state index in [4.69, 9.17) is 0 Å². The first-order chi connectivity index (χ1) is 6.36. The fourth-order valence-corrected chi connectivity index (χ4v) is 3.72. The SMILES string of the molecule is CC1[OH+]CC2C[C@@H]3CCCC[C@@H]3N21. The van der Waals surface area contributed by atoms with Crippen molar-refractivity contribution in [2.24, 2.45) is 5.92 Å². The van der Waals surface area contributed by atoms with Crippen molar-refractivity contribution in [3.8, 4) is 0 Å². The molecule has 4 atom stereocenters. The topological polar surface area (TPSA) is 16.0 Å². The number of fused-ring (bicyclic) bond motifs is 3. The molecule has 2 aliphatic heterocycles. The quantitative estimate of drug-likeness (QED) is 0.519. The van der Waals surface area contributed by atoms with E-state index in [0.717, 1.165) is 24.6 Å². The molecule has 2 nitrogen and oxygen atoms in total. The Morgan fingerprint density at radius 3 is 3.00 bits per heavy atom. The van der Waals surface area contributed by atoms with E-state index >= 15 is 0 Å². The Hall–Kier alpha value is -0.0800. The first-order valence-electron chi connectivity index (χ1n) is 5.80. The number of ether oxygens (including phenoxy) is 1. The predicted octanol–water partition coefficient (Wildman–Crippen LogP) is 1.51. The molecule has 0 aromatic carbocycles. The molecule has 2 heteroatoms. The molecule has 3 fully saturated rings. The highest BCUT2D eigenvalue weighted by Crippen LogP contribution is 2.42. The van der Waals surface area contributed by atoms with E-state index in [9.17, 15) is 0 Å². The van der Waals surface area contributed by atoms with E-state index in [1.807, 2.05) is 0 Å². The number of hydrogen-bond donors (Lipinski definition) is 0. The third-order valence-electron chi connectivity index (χ3n) is 4.26. The van der Waals surface area contributed by atoms with E-state index in [0.29, 0.717) is 6.23 Å². The minimum absolute atomic E-state index is 0.526. The highest BCUT2D eigenvalue weighted by atomic mass is 16.5. The van der Waals surface area contributed by atoms with Crippen molar-refractivity contribution in [1.82, 2.24) is 4.90 Å². The number of rotatable bonds is 0. The number of nitrogens with zero attached hydrogens (tertiary/aromatic N) is 1. The van der Waals surface area contributed by atoms with Crippen molar-refractivity contribution in [1.29, 1.82) is 0 Å². The lowest BCUT2D eigenvalue weighted by Crippen LogP contribution is -2.40. The second-order valence-electron chi connectivity index (χ2n) is 4.95. The maximum Gasteiger partial charge on any atom is 0.212 e. The molecule has 2 saturated heterocycles. The molecule has 0 aromatic rings. The van der Waals surface area contributed by atoms with Crippen molar-refractivity contribution < 1.29 is 4.74 Å². The molecule has 0 spiro atoms. The summed E-state index contributed by atoms with van der Waals surface area (Å²) in [5.74, 6) is 1.02. The molecule has 0 aromatic heterocycles. The summed E-state index contributed by atoms with van der Waals surface area (Å²) >= 11 is 0. The molecular weight excluding hydrogens is 162 g/mol. The number of aliphatic hydroxyl groups is 2. The van der Waals surface area contributed by atoms with Gasteiger partial charge in [-0.2, -0.15) is 0 Å². The van der Waals surface area contributed by atoms with Crippen molar-refractivity contribution in [2.75, 3.05) is 6.61 Å². The lowest BCUT2D eigenvalue weighted by molar-refractivity contribution is -0.105. The largest absolute Gasteiger partial charge is 0.418 e. The second-order valence-corrected chi connectivity index (χ2v) is 4.95. The Labute approximate surface area is 80.2 Å². The summed E-state index contributed by atoms with van der Waals surface area (Å²) in [6.07, 6.45) is 7.84. The van der Waals surface area contributed by atoms with E-state index in [1.54, 1.807) is 0 Å². The van der Waals surface area contributed by atoms with Crippen LogP contribution in [0.25, 0.3) is 0 Å². The van der Waals surface area contributed by atoms with Gasteiger partial charge in [-0.25, -0.2) is 4.90 Å². The van der Waals surface area contributed by atoms with Gasteiger partial charge in [0.05, 0.1) is 6.04 Å². The Bertz CT molecular complexity index is 204. The molecule has 0 amide bonds. The summed E-state index contributed by atoms with van der Waals surface area (Å²) in [7, 11) is 0. The summed E-state index contributed by atoms with van der Waals surface area (Å²) < 4.78 is 4.64. The highest BCUT2D eigenvalue weighted by Gasteiger charge is 2.50. The van der Waals surface area contributed by atoms with Crippen molar-refractivity contribution in [3.63, 3.8) is 0 Å². The van der Waals surface area contributed by atoms with Crippen LogP contribution in [-0.4, -0.2) is 34.6 Å². The maximum absolute atomic E-state index is 4.64. The van der Waals surface area contributed by atoms with Gasteiger partial charge < -0.3 is 4.74 Å². The van der Waals surface area contributed by atoms with Gasteiger partial charge in [0.15, 0.2) is 6.61 Å². The van der Waals surface area contributed by atoms with Crippen LogP contribution in [0.2, 0.25) is 0 Å². The van der Waals surface area contributed by atoms with E-state index in [2.05, 4.69) is 16.6 Å². The normalized spacial score (nSPS) is 50.5. The Balaban J connectivity index is 1.81. The maximum atomic E-state index is 4.64. The molecule has 2 unspecified atom stereocenters. The van der Waals surface area contributed by atoms with Crippen LogP contribution in [0.3, 0.4) is 0 Å². The first kappa shape index (κ1) is 8.25. The van der Waals surface area contributed by atoms with Gasteiger partial charge in [0.2, 0.25) is 6.23 Å². The number of hydrogen-bond acceptors (Lipinski definition) is 1. The van der Waals surface area contributed by atoms with Gasteiger partial charge in [-0.3, -0.25) is 0 Å². The zero-order chi connectivity index (χ0) is 8.84. The molecule has 13 heavy (non-hydrogen) atoms. The molecule has 3 aliphatic rings. The van der Waals surface area contributed by atoms with Gasteiger partial charge in [0.25, 0.3) is 0 Å². The summed E-state index contributed by atoms with van der Waals surface area (Å²) in [5.41, 5.74) is 0. The zero-order valence-corrected chi connectivity index (χ0v) is 8.45. The second kappa shape index (κ2) is 2.96. The van der Waals surface area contributed by atoms with E-state index < -0.39 is 0 Å². The van der Waals surface area contributed by atoms with Crippen LogP contribution in [0.5, 0.6) is 0 Å². The third-order valence-corrected chi connectivity index (χ3v) is 4.26. The molecule has 3 rings (SSSR count). The average molecular weight is 182 g/mol. The van der Waals surface area contributed by atoms with Crippen LogP contribution >= 0.6 is 0 Å². The first-order valence-corrected chi connectivity index (χ1v) is 5.80. The Morgan fingerprint density at radius 1 is 1.23 bits per heavy atom. The average Bonchev–Trinajstić information content (AvgIpc) is 2.66. The van der Waals surface area contributed by atoms with Crippen LogP contribution in [-0.2, 0) is 0 Å². The van der Waals surface area contributed by atoms with Crippen molar-refractivity contribution in [3.05, 3.63) is 0 Å². The molecule has 1 saturated carbocycles. The van der Waals surface area contributed by atoms with Gasteiger partial charge in [0.1, 0.15) is 0 Å². The van der Waals surface area contributed by atoms with Crippen LogP contribution < -0.4 is 0 Å². The molecule has 1 aliphatic carbocycles. The van der Waals surface area contributed by atoms with E-state index in [-0.39, 0.29) is 0 Å². The van der Waals surface area contributed by atoms with Crippen LogP contribution in [0.1, 0.15) is 39.0 Å². The van der Waals surface area contributed by atoms with Crippen molar-refractivity contribution in [2.45, 2.75) is 57.3 Å². The third kappa shape index (κ3) is 1.15. The standard InChI is InChI=1S/C11H19NO/c1-8-12-10(7-13-8)6-9-4-2-3-5-11(9)12/h8-11H,2-7H2,1H3/p+1/t8?,9-,10?,11-/m0/s1. The van der Waals surface area contributed by atoms with Gasteiger partial charge in [-0.1, -0.05) is 12.8 Å². The van der Waals surface area contributed by atoms with Crippen LogP contribution in [0.15, 0.2) is 0 Å².